The van der Waals surface area contributed by atoms with Gasteiger partial charge in [-0.3, -0.25) is 0 Å². The Bertz CT molecular complexity index is 468. The van der Waals surface area contributed by atoms with Crippen LogP contribution in [-0.4, -0.2) is 42.1 Å². The molecule has 2 fully saturated rings. The number of alkyl halides is 2. The number of piperidine rings is 1. The van der Waals surface area contributed by atoms with Gasteiger partial charge in [0, 0.05) is 44.6 Å². The Morgan fingerprint density at radius 3 is 2.95 bits per heavy atom. The first-order valence-corrected chi connectivity index (χ1v) is 7.28. The average molecular weight is 289 g/mol. The molecule has 3 rings (SSSR count). The minimum absolute atomic E-state index is 0.0336. The van der Waals surface area contributed by atoms with Gasteiger partial charge in [0.15, 0.2) is 0 Å². The molecule has 0 bridgehead atoms. The minimum Gasteiger partial charge on any atom is -0.384 e. The molecule has 7 heteroatoms. The second kappa shape index (κ2) is 4.63. The van der Waals surface area contributed by atoms with Crippen molar-refractivity contribution in [2.24, 2.45) is 5.41 Å². The number of halogens is 2. The minimum atomic E-state index is -2.48. The second-order valence-electron chi connectivity index (χ2n) is 5.42. The van der Waals surface area contributed by atoms with E-state index in [1.54, 1.807) is 7.11 Å². The second-order valence-corrected chi connectivity index (χ2v) is 6.15. The summed E-state index contributed by atoms with van der Waals surface area (Å²) in [6.45, 7) is 1.80. The highest BCUT2D eigenvalue weighted by Gasteiger charge is 2.71. The maximum Gasteiger partial charge on any atom is 0.256 e. The van der Waals surface area contributed by atoms with Crippen LogP contribution in [0.2, 0.25) is 0 Å². The van der Waals surface area contributed by atoms with E-state index in [-0.39, 0.29) is 6.42 Å². The summed E-state index contributed by atoms with van der Waals surface area (Å²) in [5, 5.41) is 0.771. The zero-order valence-corrected chi connectivity index (χ0v) is 11.7. The predicted molar refractivity (Wildman–Crippen MR) is 68.9 cm³/mol. The lowest BCUT2D eigenvalue weighted by atomic mass is 9.95. The van der Waals surface area contributed by atoms with Crippen molar-refractivity contribution in [2.45, 2.75) is 31.6 Å². The Morgan fingerprint density at radius 1 is 1.47 bits per heavy atom. The molecular weight excluding hydrogens is 272 g/mol. The molecule has 1 aromatic heterocycles. The molecule has 1 atom stereocenters. The fourth-order valence-corrected chi connectivity index (χ4v) is 3.52. The lowest BCUT2D eigenvalue weighted by molar-refractivity contribution is 0.0575. The van der Waals surface area contributed by atoms with Gasteiger partial charge in [-0.15, -0.1) is 0 Å². The summed E-state index contributed by atoms with van der Waals surface area (Å²) in [4.78, 5) is 6.39. The van der Waals surface area contributed by atoms with Crippen molar-refractivity contribution < 1.29 is 13.5 Å². The van der Waals surface area contributed by atoms with Crippen molar-refractivity contribution in [1.82, 2.24) is 9.36 Å². The van der Waals surface area contributed by atoms with E-state index in [4.69, 9.17) is 4.74 Å². The highest BCUT2D eigenvalue weighted by Crippen LogP contribution is 2.64. The van der Waals surface area contributed by atoms with Gasteiger partial charge in [0.05, 0.1) is 12.0 Å². The van der Waals surface area contributed by atoms with Crippen LogP contribution in [0.1, 0.15) is 25.1 Å². The van der Waals surface area contributed by atoms with E-state index in [0.717, 1.165) is 23.9 Å². The van der Waals surface area contributed by atoms with Crippen molar-refractivity contribution in [3.8, 4) is 0 Å². The largest absolute Gasteiger partial charge is 0.384 e. The predicted octanol–water partition coefficient (Wildman–Crippen LogP) is 2.35. The summed E-state index contributed by atoms with van der Waals surface area (Å²) in [5.74, 6) is -1.74. The molecule has 1 saturated carbocycles. The van der Waals surface area contributed by atoms with Crippen molar-refractivity contribution in [1.29, 1.82) is 0 Å². The zero-order valence-electron chi connectivity index (χ0n) is 10.9. The normalized spacial score (nSPS) is 28.9. The van der Waals surface area contributed by atoms with Gasteiger partial charge in [0.25, 0.3) is 5.92 Å². The van der Waals surface area contributed by atoms with Gasteiger partial charge < -0.3 is 9.64 Å². The van der Waals surface area contributed by atoms with Gasteiger partial charge in [0.1, 0.15) is 5.82 Å². The fraction of sp³-hybridized carbons (Fsp3) is 0.833. The van der Waals surface area contributed by atoms with E-state index in [0.29, 0.717) is 26.0 Å². The van der Waals surface area contributed by atoms with Crippen molar-refractivity contribution in [3.05, 3.63) is 5.82 Å². The quantitative estimate of drug-likeness (QED) is 0.853. The molecule has 0 N–H and O–H groups in total. The first-order valence-electron chi connectivity index (χ1n) is 6.51. The van der Waals surface area contributed by atoms with Crippen LogP contribution in [0.25, 0.3) is 0 Å². The van der Waals surface area contributed by atoms with Crippen molar-refractivity contribution in [3.63, 3.8) is 0 Å². The van der Waals surface area contributed by atoms with Gasteiger partial charge in [-0.05, 0) is 12.8 Å². The fourth-order valence-electron chi connectivity index (χ4n) is 2.79. The molecule has 1 aliphatic carbocycles. The van der Waals surface area contributed by atoms with Gasteiger partial charge in [-0.2, -0.15) is 4.37 Å². The first kappa shape index (κ1) is 13.2. The SMILES string of the molecule is COCCc1nsc(N2CCCC3(C2)CC3(F)F)n1. The Labute approximate surface area is 114 Å². The Hall–Kier alpha value is -0.820. The summed E-state index contributed by atoms with van der Waals surface area (Å²) in [7, 11) is 1.64. The van der Waals surface area contributed by atoms with Crippen LogP contribution < -0.4 is 4.90 Å². The molecule has 0 aromatic carbocycles. The molecule has 2 heterocycles. The average Bonchev–Trinajstić information content (AvgIpc) is 2.79. The maximum atomic E-state index is 13.5. The number of methoxy groups -OCH3 is 1. The number of rotatable bonds is 4. The van der Waals surface area contributed by atoms with Gasteiger partial charge in [0.2, 0.25) is 5.13 Å². The van der Waals surface area contributed by atoms with E-state index in [1.165, 1.54) is 11.5 Å². The van der Waals surface area contributed by atoms with Crippen LogP contribution in [-0.2, 0) is 11.2 Å². The molecule has 0 amide bonds. The molecule has 1 aromatic rings. The third-order valence-corrected chi connectivity index (χ3v) is 4.86. The molecular formula is C12H17F2N3OS. The Balaban J connectivity index is 1.67. The lowest BCUT2D eigenvalue weighted by Crippen LogP contribution is -2.39. The monoisotopic (exact) mass is 289 g/mol. The summed E-state index contributed by atoms with van der Waals surface area (Å²) in [5.41, 5.74) is -0.788. The summed E-state index contributed by atoms with van der Waals surface area (Å²) < 4.78 is 36.2. The van der Waals surface area contributed by atoms with Crippen LogP contribution in [0.4, 0.5) is 13.9 Å². The molecule has 1 saturated heterocycles. The molecule has 19 heavy (non-hydrogen) atoms. The third kappa shape index (κ3) is 2.33. The van der Waals surface area contributed by atoms with Gasteiger partial charge in [-0.25, -0.2) is 13.8 Å². The van der Waals surface area contributed by atoms with Crippen LogP contribution in [0.15, 0.2) is 0 Å². The van der Waals surface area contributed by atoms with Crippen molar-refractivity contribution in [2.75, 3.05) is 31.7 Å². The van der Waals surface area contributed by atoms with Gasteiger partial charge >= 0.3 is 0 Å². The van der Waals surface area contributed by atoms with Crippen LogP contribution in [0, 0.1) is 5.41 Å². The number of hydrogen-bond acceptors (Lipinski definition) is 5. The van der Waals surface area contributed by atoms with Crippen molar-refractivity contribution >= 4 is 16.7 Å². The van der Waals surface area contributed by atoms with Crippen LogP contribution in [0.5, 0.6) is 0 Å². The number of hydrogen-bond donors (Lipinski definition) is 0. The van der Waals surface area contributed by atoms with Gasteiger partial charge in [-0.1, -0.05) is 0 Å². The highest BCUT2D eigenvalue weighted by molar-refractivity contribution is 7.09. The summed E-state index contributed by atoms with van der Waals surface area (Å²) in [6, 6.07) is 0. The Morgan fingerprint density at radius 2 is 2.26 bits per heavy atom. The van der Waals surface area contributed by atoms with E-state index >= 15 is 0 Å². The topological polar surface area (TPSA) is 38.2 Å². The third-order valence-electron chi connectivity index (χ3n) is 4.05. The van der Waals surface area contributed by atoms with E-state index < -0.39 is 11.3 Å². The molecule has 4 nitrogen and oxygen atoms in total. The van der Waals surface area contributed by atoms with E-state index in [9.17, 15) is 8.78 Å². The number of ether oxygens (including phenoxy) is 1. The zero-order chi connectivity index (χ0) is 13.5. The summed E-state index contributed by atoms with van der Waals surface area (Å²) in [6.07, 6.45) is 2.14. The molecule has 0 radical (unpaired) electrons. The van der Waals surface area contributed by atoms with Crippen LogP contribution in [0.3, 0.4) is 0 Å². The summed E-state index contributed by atoms with van der Waals surface area (Å²) >= 11 is 1.30. The molecule has 1 aliphatic heterocycles. The Kier molecular flexibility index (Phi) is 3.21. The first-order chi connectivity index (χ1) is 9.06. The van der Waals surface area contributed by atoms with Crippen LogP contribution >= 0.6 is 11.5 Å². The van der Waals surface area contributed by atoms with E-state index in [1.807, 2.05) is 4.90 Å². The number of anilines is 1. The molecule has 1 unspecified atom stereocenters. The standard InChI is InChI=1S/C12H17F2N3OS/c1-18-6-3-9-15-10(19-16-9)17-5-2-4-11(8-17)7-12(11,13)14/h2-8H2,1H3. The molecule has 106 valence electrons. The lowest BCUT2D eigenvalue weighted by Gasteiger charge is -2.32. The maximum absolute atomic E-state index is 13.5. The molecule has 1 spiro atoms. The molecule has 2 aliphatic rings. The van der Waals surface area contributed by atoms with E-state index in [2.05, 4.69) is 9.36 Å². The number of aromatic nitrogens is 2. The highest BCUT2D eigenvalue weighted by atomic mass is 32.1. The number of nitrogens with zero attached hydrogens (tertiary/aromatic N) is 3. The smallest absolute Gasteiger partial charge is 0.256 e.